The zero-order valence-electron chi connectivity index (χ0n) is 13.4. The summed E-state index contributed by atoms with van der Waals surface area (Å²) in [7, 11) is 0. The second kappa shape index (κ2) is 7.06. The van der Waals surface area contributed by atoms with Gasteiger partial charge in [-0.25, -0.2) is 4.98 Å². The second-order valence-corrected chi connectivity index (χ2v) is 8.62. The van der Waals surface area contributed by atoms with Crippen LogP contribution in [0.3, 0.4) is 0 Å². The quantitative estimate of drug-likeness (QED) is 0.515. The molecule has 0 radical (unpaired) electrons. The van der Waals surface area contributed by atoms with E-state index < -0.39 is 0 Å². The Hall–Kier alpha value is -1.43. The van der Waals surface area contributed by atoms with Crippen molar-refractivity contribution in [2.75, 3.05) is 13.1 Å². The first-order valence-electron chi connectivity index (χ1n) is 8.21. The molecule has 0 spiro atoms. The van der Waals surface area contributed by atoms with Crippen LogP contribution in [0.5, 0.6) is 0 Å². The summed E-state index contributed by atoms with van der Waals surface area (Å²) in [4.78, 5) is 19.6. The smallest absolute Gasteiger partial charge is 0.255 e. The zero-order chi connectivity index (χ0) is 17.4. The Balaban J connectivity index is 1.58. The van der Waals surface area contributed by atoms with E-state index in [0.717, 1.165) is 34.4 Å². The normalized spacial score (nSPS) is 17.8. The molecule has 2 aromatic carbocycles. The summed E-state index contributed by atoms with van der Waals surface area (Å²) in [6, 6.07) is 13.6. The van der Waals surface area contributed by atoms with E-state index in [4.69, 9.17) is 16.6 Å². The monoisotopic (exact) mass is 434 g/mol. The van der Waals surface area contributed by atoms with Crippen LogP contribution in [0.4, 0.5) is 0 Å². The molecule has 0 aliphatic carbocycles. The fourth-order valence-electron chi connectivity index (χ4n) is 3.26. The minimum Gasteiger partial charge on any atom is -0.338 e. The van der Waals surface area contributed by atoms with Gasteiger partial charge in [0.1, 0.15) is 0 Å². The lowest BCUT2D eigenvalue weighted by Gasteiger charge is -2.32. The topological polar surface area (TPSA) is 33.2 Å². The van der Waals surface area contributed by atoms with E-state index in [1.807, 2.05) is 29.2 Å². The Kier molecular flexibility index (Phi) is 4.80. The second-order valence-electron chi connectivity index (χ2n) is 6.23. The Bertz CT molecular complexity index is 909. The van der Waals surface area contributed by atoms with Crippen molar-refractivity contribution in [2.45, 2.75) is 18.8 Å². The summed E-state index contributed by atoms with van der Waals surface area (Å²) in [6.45, 7) is 1.46. The van der Waals surface area contributed by atoms with E-state index in [0.29, 0.717) is 23.0 Å². The van der Waals surface area contributed by atoms with Crippen LogP contribution >= 0.6 is 38.9 Å². The number of para-hydroxylation sites is 1. The number of benzene rings is 2. The standard InChI is InChI=1S/C19H16BrClN2OS/c20-13-7-8-15(21)14(10-13)19(24)23-9-3-4-12(11-23)18-22-16-5-1-2-6-17(16)25-18/h1-2,5-8,10,12H,3-4,9,11H2/t12-/m1/s1. The van der Waals surface area contributed by atoms with Crippen molar-refractivity contribution in [1.29, 1.82) is 0 Å². The molecule has 3 aromatic rings. The van der Waals surface area contributed by atoms with E-state index in [2.05, 4.69) is 22.0 Å². The Morgan fingerprint density at radius 2 is 2.12 bits per heavy atom. The fraction of sp³-hybridized carbons (Fsp3) is 0.263. The average molecular weight is 436 g/mol. The van der Waals surface area contributed by atoms with Gasteiger partial charge in [-0.2, -0.15) is 0 Å². The van der Waals surface area contributed by atoms with Crippen LogP contribution in [0, 0.1) is 0 Å². The third kappa shape index (κ3) is 3.46. The maximum absolute atomic E-state index is 12.9. The molecule has 128 valence electrons. The number of thiazole rings is 1. The first-order valence-corrected chi connectivity index (χ1v) is 10.2. The molecule has 0 saturated carbocycles. The molecule has 4 rings (SSSR count). The molecule has 1 aliphatic rings. The van der Waals surface area contributed by atoms with Crippen molar-refractivity contribution in [2.24, 2.45) is 0 Å². The summed E-state index contributed by atoms with van der Waals surface area (Å²) in [6.07, 6.45) is 2.05. The van der Waals surface area contributed by atoms with Gasteiger partial charge in [-0.05, 0) is 43.2 Å². The zero-order valence-corrected chi connectivity index (χ0v) is 16.6. The van der Waals surface area contributed by atoms with Crippen LogP contribution in [0.15, 0.2) is 46.9 Å². The summed E-state index contributed by atoms with van der Waals surface area (Å²) in [5, 5.41) is 1.62. The Morgan fingerprint density at radius 3 is 2.96 bits per heavy atom. The highest BCUT2D eigenvalue weighted by Crippen LogP contribution is 2.34. The number of hydrogen-bond acceptors (Lipinski definition) is 3. The van der Waals surface area contributed by atoms with Crippen LogP contribution < -0.4 is 0 Å². The lowest BCUT2D eigenvalue weighted by atomic mass is 9.98. The lowest BCUT2D eigenvalue weighted by Crippen LogP contribution is -2.39. The van der Waals surface area contributed by atoms with Crippen molar-refractivity contribution in [3.8, 4) is 0 Å². The van der Waals surface area contributed by atoms with E-state index in [1.165, 1.54) is 4.70 Å². The van der Waals surface area contributed by atoms with Crippen LogP contribution in [0.25, 0.3) is 10.2 Å². The molecule has 3 nitrogen and oxygen atoms in total. The first kappa shape index (κ1) is 17.0. The van der Waals surface area contributed by atoms with Crippen molar-refractivity contribution in [1.82, 2.24) is 9.88 Å². The van der Waals surface area contributed by atoms with Gasteiger partial charge in [-0.3, -0.25) is 4.79 Å². The number of aromatic nitrogens is 1. The van der Waals surface area contributed by atoms with Gasteiger partial charge in [0, 0.05) is 23.5 Å². The molecule has 25 heavy (non-hydrogen) atoms. The molecule has 1 amide bonds. The molecule has 0 N–H and O–H groups in total. The maximum Gasteiger partial charge on any atom is 0.255 e. The number of likely N-dealkylation sites (tertiary alicyclic amines) is 1. The lowest BCUT2D eigenvalue weighted by molar-refractivity contribution is 0.0707. The van der Waals surface area contributed by atoms with Gasteiger partial charge in [0.15, 0.2) is 0 Å². The van der Waals surface area contributed by atoms with Gasteiger partial charge >= 0.3 is 0 Å². The van der Waals surface area contributed by atoms with E-state index in [9.17, 15) is 4.79 Å². The molecule has 1 aromatic heterocycles. The van der Waals surface area contributed by atoms with Crippen LogP contribution in [0.2, 0.25) is 5.02 Å². The molecule has 1 fully saturated rings. The molecule has 6 heteroatoms. The average Bonchev–Trinajstić information content (AvgIpc) is 3.07. The number of nitrogens with zero attached hydrogens (tertiary/aromatic N) is 2. The predicted octanol–water partition coefficient (Wildman–Crippen LogP) is 5.73. The molecule has 2 heterocycles. The van der Waals surface area contributed by atoms with Crippen molar-refractivity contribution in [3.63, 3.8) is 0 Å². The van der Waals surface area contributed by atoms with E-state index in [-0.39, 0.29) is 5.91 Å². The van der Waals surface area contributed by atoms with Gasteiger partial charge in [-0.1, -0.05) is 39.7 Å². The number of halogens is 2. The summed E-state index contributed by atoms with van der Waals surface area (Å²) >= 11 is 11.4. The summed E-state index contributed by atoms with van der Waals surface area (Å²) in [5.74, 6) is 0.290. The largest absolute Gasteiger partial charge is 0.338 e. The van der Waals surface area contributed by atoms with Gasteiger partial charge in [0.25, 0.3) is 5.91 Å². The number of rotatable bonds is 2. The van der Waals surface area contributed by atoms with Gasteiger partial charge in [0.05, 0.1) is 25.8 Å². The van der Waals surface area contributed by atoms with Crippen molar-refractivity contribution >= 4 is 55.0 Å². The summed E-state index contributed by atoms with van der Waals surface area (Å²) < 4.78 is 2.07. The maximum atomic E-state index is 12.9. The highest BCUT2D eigenvalue weighted by molar-refractivity contribution is 9.10. The van der Waals surface area contributed by atoms with Crippen molar-refractivity contribution in [3.05, 3.63) is 62.5 Å². The molecular weight excluding hydrogens is 420 g/mol. The highest BCUT2D eigenvalue weighted by Gasteiger charge is 2.28. The molecule has 1 aliphatic heterocycles. The summed E-state index contributed by atoms with van der Waals surface area (Å²) in [5.41, 5.74) is 1.60. The van der Waals surface area contributed by atoms with Gasteiger partial charge < -0.3 is 4.90 Å². The number of fused-ring (bicyclic) bond motifs is 1. The minimum absolute atomic E-state index is 0.00267. The third-order valence-corrected chi connectivity index (χ3v) is 6.55. The minimum atomic E-state index is -0.00267. The number of hydrogen-bond donors (Lipinski definition) is 0. The number of carbonyl (C=O) groups is 1. The van der Waals surface area contributed by atoms with E-state index >= 15 is 0 Å². The molecule has 0 unspecified atom stereocenters. The van der Waals surface area contributed by atoms with Gasteiger partial charge in [0.2, 0.25) is 0 Å². The Labute approximate surface area is 163 Å². The number of carbonyl (C=O) groups excluding carboxylic acids is 1. The van der Waals surface area contributed by atoms with Crippen LogP contribution in [0.1, 0.15) is 34.1 Å². The third-order valence-electron chi connectivity index (χ3n) is 4.53. The fourth-order valence-corrected chi connectivity index (χ4v) is 4.91. The van der Waals surface area contributed by atoms with E-state index in [1.54, 1.807) is 23.5 Å². The number of piperidine rings is 1. The van der Waals surface area contributed by atoms with Gasteiger partial charge in [-0.15, -0.1) is 11.3 Å². The Morgan fingerprint density at radius 1 is 1.28 bits per heavy atom. The molecule has 1 atom stereocenters. The van der Waals surface area contributed by atoms with Crippen LogP contribution in [-0.2, 0) is 0 Å². The number of amides is 1. The highest BCUT2D eigenvalue weighted by atomic mass is 79.9. The SMILES string of the molecule is O=C(c1cc(Br)ccc1Cl)N1CCC[C@@H](c2nc3ccccc3s2)C1. The predicted molar refractivity (Wildman–Crippen MR) is 107 cm³/mol. The molecular formula is C19H16BrClN2OS. The van der Waals surface area contributed by atoms with Crippen molar-refractivity contribution < 1.29 is 4.79 Å². The van der Waals surface area contributed by atoms with Crippen LogP contribution in [-0.4, -0.2) is 28.9 Å². The molecule has 0 bridgehead atoms. The molecule has 1 saturated heterocycles. The first-order chi connectivity index (χ1) is 12.1.